The maximum absolute atomic E-state index is 14.5. The molecule has 0 fully saturated rings. The second-order valence-corrected chi connectivity index (χ2v) is 6.51. The first-order valence-electron chi connectivity index (χ1n) is 7.51. The molecule has 7 heteroatoms. The smallest absolute Gasteiger partial charge is 0.240 e. The highest BCUT2D eigenvalue weighted by Gasteiger charge is 2.44. The number of quaternary nitrogens is 1. The number of hydrogen-bond acceptors (Lipinski definition) is 2. The summed E-state index contributed by atoms with van der Waals surface area (Å²) < 4.78 is 41.7. The van der Waals surface area contributed by atoms with E-state index in [-0.39, 0.29) is 16.5 Å². The molecule has 2 aromatic carbocycles. The summed E-state index contributed by atoms with van der Waals surface area (Å²) in [5.41, 5.74) is 7.76. The maximum atomic E-state index is 14.5. The van der Waals surface area contributed by atoms with Crippen molar-refractivity contribution in [3.8, 4) is 0 Å². The van der Waals surface area contributed by atoms with Crippen LogP contribution in [0.5, 0.6) is 0 Å². The summed E-state index contributed by atoms with van der Waals surface area (Å²) in [6, 6.07) is 6.31. The molecule has 1 aliphatic rings. The molecular formula is C18H16ClF3N3+. The summed E-state index contributed by atoms with van der Waals surface area (Å²) in [6.45, 7) is 3.26. The molecule has 3 nitrogen and oxygen atoms in total. The molecule has 0 radical (unpaired) electrons. The van der Waals surface area contributed by atoms with E-state index in [1.54, 1.807) is 13.8 Å². The van der Waals surface area contributed by atoms with Gasteiger partial charge in [-0.05, 0) is 49.7 Å². The van der Waals surface area contributed by atoms with Gasteiger partial charge in [-0.1, -0.05) is 16.7 Å². The molecule has 3 rings (SSSR count). The third-order valence-electron chi connectivity index (χ3n) is 4.23. The number of rotatable bonds is 2. The summed E-state index contributed by atoms with van der Waals surface area (Å²) in [4.78, 5) is 0. The summed E-state index contributed by atoms with van der Waals surface area (Å²) in [5.74, 6) is -1.88. The predicted molar refractivity (Wildman–Crippen MR) is 94.4 cm³/mol. The van der Waals surface area contributed by atoms with Crippen molar-refractivity contribution in [2.45, 2.75) is 13.8 Å². The predicted octanol–water partition coefficient (Wildman–Crippen LogP) is 4.72. The molecule has 0 amide bonds. The number of nitrogens with zero attached hydrogens (tertiary/aromatic N) is 2. The molecule has 0 aromatic heterocycles. The first-order chi connectivity index (χ1) is 11.6. The van der Waals surface area contributed by atoms with E-state index >= 15 is 0 Å². The van der Waals surface area contributed by atoms with Gasteiger partial charge in [0.25, 0.3) is 0 Å². The first kappa shape index (κ1) is 17.5. The Bertz CT molecular complexity index is 930. The van der Waals surface area contributed by atoms with Crippen LogP contribution in [-0.4, -0.2) is 12.8 Å². The average Bonchev–Trinajstić information content (AvgIpc) is 2.69. The topological polar surface area (TPSA) is 38.4 Å². The van der Waals surface area contributed by atoms with Crippen molar-refractivity contribution < 1.29 is 13.2 Å². The lowest BCUT2D eigenvalue weighted by Gasteiger charge is -2.24. The standard InChI is InChI=1S/C18H16ClF3N3/c1-9-6-14(21)17(15(22)7-9)25(3)18(23)16(10(2)24-25)12-5-4-11(20)8-13(12)19/h4-8H,23H2,1-3H3/q+1. The minimum atomic E-state index is -0.744. The minimum absolute atomic E-state index is 0.104. The summed E-state index contributed by atoms with van der Waals surface area (Å²) in [7, 11) is 1.49. The normalized spacial score (nSPS) is 20.2. The van der Waals surface area contributed by atoms with E-state index in [0.717, 1.165) is 6.07 Å². The molecule has 1 aliphatic heterocycles. The molecule has 2 aromatic rings. The van der Waals surface area contributed by atoms with Crippen molar-refractivity contribution in [1.29, 1.82) is 0 Å². The van der Waals surface area contributed by atoms with Gasteiger partial charge in [0.15, 0.2) is 11.6 Å². The molecule has 0 saturated heterocycles. The largest absolute Gasteiger partial charge is 0.352 e. The van der Waals surface area contributed by atoms with E-state index in [0.29, 0.717) is 22.4 Å². The number of halogens is 4. The lowest BCUT2D eigenvalue weighted by Crippen LogP contribution is -2.41. The van der Waals surface area contributed by atoms with Crippen molar-refractivity contribution in [2.24, 2.45) is 10.8 Å². The first-order valence-corrected chi connectivity index (χ1v) is 7.88. The molecule has 2 N–H and O–H groups in total. The number of benzene rings is 2. The molecule has 0 spiro atoms. The monoisotopic (exact) mass is 366 g/mol. The van der Waals surface area contributed by atoms with Crippen LogP contribution in [-0.2, 0) is 0 Å². The fourth-order valence-electron chi connectivity index (χ4n) is 3.11. The van der Waals surface area contributed by atoms with Crippen LogP contribution in [0.1, 0.15) is 18.1 Å². The summed E-state index contributed by atoms with van der Waals surface area (Å²) in [5, 5.41) is 4.51. The Morgan fingerprint density at radius 2 is 1.64 bits per heavy atom. The van der Waals surface area contributed by atoms with Crippen LogP contribution >= 0.6 is 11.6 Å². The SMILES string of the molecule is CC1=N[N+](C)(c2c(F)cc(C)cc2F)C(N)=C1c1ccc(F)cc1Cl. The lowest BCUT2D eigenvalue weighted by atomic mass is 10.0. The van der Waals surface area contributed by atoms with Crippen molar-refractivity contribution in [1.82, 2.24) is 4.59 Å². The zero-order chi connectivity index (χ0) is 18.5. The Hall–Kier alpha value is -2.31. The number of aryl methyl sites for hydroxylation is 1. The van der Waals surface area contributed by atoms with Crippen molar-refractivity contribution >= 4 is 28.6 Å². The highest BCUT2D eigenvalue weighted by molar-refractivity contribution is 6.36. The molecule has 25 heavy (non-hydrogen) atoms. The van der Waals surface area contributed by atoms with E-state index in [1.807, 2.05) is 0 Å². The van der Waals surface area contributed by atoms with E-state index < -0.39 is 22.0 Å². The molecule has 1 heterocycles. The van der Waals surface area contributed by atoms with Gasteiger partial charge in [0.2, 0.25) is 11.5 Å². The average molecular weight is 367 g/mol. The van der Waals surface area contributed by atoms with Crippen molar-refractivity contribution in [3.63, 3.8) is 0 Å². The summed E-state index contributed by atoms with van der Waals surface area (Å²) >= 11 is 6.12. The molecule has 0 aliphatic carbocycles. The van der Waals surface area contributed by atoms with Gasteiger partial charge >= 0.3 is 0 Å². The third-order valence-corrected chi connectivity index (χ3v) is 4.55. The van der Waals surface area contributed by atoms with Crippen LogP contribution in [0.15, 0.2) is 41.3 Å². The Labute approximate surface area is 148 Å². The maximum Gasteiger partial charge on any atom is 0.240 e. The highest BCUT2D eigenvalue weighted by atomic mass is 35.5. The van der Waals surface area contributed by atoms with E-state index in [1.165, 1.54) is 31.3 Å². The van der Waals surface area contributed by atoms with Gasteiger partial charge in [0.1, 0.15) is 18.6 Å². The Morgan fingerprint density at radius 3 is 2.20 bits per heavy atom. The Balaban J connectivity index is 2.25. The fourth-order valence-corrected chi connectivity index (χ4v) is 3.37. The molecule has 0 saturated carbocycles. The van der Waals surface area contributed by atoms with Gasteiger partial charge in [-0.3, -0.25) is 0 Å². The minimum Gasteiger partial charge on any atom is -0.352 e. The molecular weight excluding hydrogens is 351 g/mol. The van der Waals surface area contributed by atoms with Crippen molar-refractivity contribution in [3.05, 3.63) is 69.8 Å². The molecule has 130 valence electrons. The van der Waals surface area contributed by atoms with Gasteiger partial charge in [0.05, 0.1) is 10.6 Å². The summed E-state index contributed by atoms with van der Waals surface area (Å²) in [6.07, 6.45) is 0. The van der Waals surface area contributed by atoms with Crippen LogP contribution in [0.4, 0.5) is 18.9 Å². The Kier molecular flexibility index (Phi) is 4.13. The lowest BCUT2D eigenvalue weighted by molar-refractivity contribution is 0.397. The van der Waals surface area contributed by atoms with E-state index in [4.69, 9.17) is 17.3 Å². The quantitative estimate of drug-likeness (QED) is 0.767. The van der Waals surface area contributed by atoms with Crippen LogP contribution in [0.2, 0.25) is 5.02 Å². The van der Waals surface area contributed by atoms with Crippen LogP contribution in [0.3, 0.4) is 0 Å². The second-order valence-electron chi connectivity index (χ2n) is 6.11. The Morgan fingerprint density at radius 1 is 1.04 bits per heavy atom. The zero-order valence-corrected chi connectivity index (χ0v) is 14.6. The van der Waals surface area contributed by atoms with Crippen LogP contribution < -0.4 is 10.3 Å². The van der Waals surface area contributed by atoms with Gasteiger partial charge in [-0.15, -0.1) is 4.59 Å². The molecule has 1 unspecified atom stereocenters. The van der Waals surface area contributed by atoms with Gasteiger partial charge in [0, 0.05) is 5.56 Å². The van der Waals surface area contributed by atoms with Gasteiger partial charge < -0.3 is 5.73 Å². The molecule has 0 bridgehead atoms. The van der Waals surface area contributed by atoms with Crippen LogP contribution in [0.25, 0.3) is 5.57 Å². The second kappa shape index (κ2) is 5.89. The molecule has 1 atom stereocenters. The zero-order valence-electron chi connectivity index (χ0n) is 13.9. The highest BCUT2D eigenvalue weighted by Crippen LogP contribution is 2.40. The van der Waals surface area contributed by atoms with Crippen LogP contribution in [0, 0.1) is 24.4 Å². The number of allylic oxidation sites excluding steroid dienone is 1. The van der Waals surface area contributed by atoms with E-state index in [2.05, 4.69) is 5.10 Å². The van der Waals surface area contributed by atoms with Crippen molar-refractivity contribution in [2.75, 3.05) is 7.05 Å². The fraction of sp³-hybridized carbons (Fsp3) is 0.167. The number of hydrogen-bond donors (Lipinski definition) is 1. The van der Waals surface area contributed by atoms with Gasteiger partial charge in [-0.2, -0.15) is 0 Å². The van der Waals surface area contributed by atoms with E-state index in [9.17, 15) is 13.2 Å². The van der Waals surface area contributed by atoms with Gasteiger partial charge in [-0.25, -0.2) is 13.2 Å². The number of nitrogens with two attached hydrogens (primary N) is 1. The third kappa shape index (κ3) is 2.71.